The Morgan fingerprint density at radius 1 is 1.31 bits per heavy atom. The third-order valence-corrected chi connectivity index (χ3v) is 4.90. The maximum Gasteiger partial charge on any atom is 0.410 e. The van der Waals surface area contributed by atoms with E-state index in [2.05, 4.69) is 4.98 Å². The molecular formula is C18H25IN2O5. The van der Waals surface area contributed by atoms with Crippen LogP contribution in [0.5, 0.6) is 5.88 Å². The summed E-state index contributed by atoms with van der Waals surface area (Å²) in [6.45, 7) is 7.89. The molecule has 0 aliphatic carbocycles. The molecule has 1 saturated heterocycles. The number of carbonyl (C=O) groups excluding carboxylic acids is 2. The Morgan fingerprint density at radius 2 is 2.00 bits per heavy atom. The predicted octanol–water partition coefficient (Wildman–Crippen LogP) is 3.64. The topological polar surface area (TPSA) is 78.0 Å². The molecule has 2 heterocycles. The third-order valence-electron chi connectivity index (χ3n) is 4.00. The minimum absolute atomic E-state index is 0.0636. The number of methoxy groups -OCH3 is 1. The highest BCUT2D eigenvalue weighted by molar-refractivity contribution is 14.1. The average molecular weight is 476 g/mol. The fourth-order valence-electron chi connectivity index (χ4n) is 2.70. The van der Waals surface area contributed by atoms with Crippen molar-refractivity contribution >= 4 is 34.7 Å². The van der Waals surface area contributed by atoms with Gasteiger partial charge in [0, 0.05) is 15.8 Å². The standard InChI is InChI=1S/C18H25IN2O5/c1-11-6-7-12(10-21(11)17(23)26-18(2,3)4)25-15-14(16(22)24-5)13(19)8-9-20-15/h8-9,11-12H,6-7,10H2,1-5H3. The van der Waals surface area contributed by atoms with Gasteiger partial charge in [0.15, 0.2) is 0 Å². The molecule has 2 atom stereocenters. The molecular weight excluding hydrogens is 451 g/mol. The van der Waals surface area contributed by atoms with Crippen LogP contribution in [0.2, 0.25) is 0 Å². The molecule has 1 fully saturated rings. The fraction of sp³-hybridized carbons (Fsp3) is 0.611. The molecule has 2 rings (SSSR count). The highest BCUT2D eigenvalue weighted by Gasteiger charge is 2.34. The molecule has 8 heteroatoms. The second kappa shape index (κ2) is 8.41. The number of aromatic nitrogens is 1. The first-order valence-corrected chi connectivity index (χ1v) is 9.59. The highest BCUT2D eigenvalue weighted by atomic mass is 127. The van der Waals surface area contributed by atoms with E-state index in [-0.39, 0.29) is 24.1 Å². The van der Waals surface area contributed by atoms with Crippen LogP contribution in [0.1, 0.15) is 50.9 Å². The minimum Gasteiger partial charge on any atom is -0.472 e. The van der Waals surface area contributed by atoms with Gasteiger partial charge in [-0.05, 0) is 69.2 Å². The molecule has 26 heavy (non-hydrogen) atoms. The van der Waals surface area contributed by atoms with Crippen LogP contribution >= 0.6 is 22.6 Å². The van der Waals surface area contributed by atoms with Crippen molar-refractivity contribution in [1.82, 2.24) is 9.88 Å². The first-order valence-electron chi connectivity index (χ1n) is 8.51. The van der Waals surface area contributed by atoms with E-state index in [0.717, 1.165) is 12.8 Å². The van der Waals surface area contributed by atoms with Crippen LogP contribution < -0.4 is 4.74 Å². The number of carbonyl (C=O) groups is 2. The summed E-state index contributed by atoms with van der Waals surface area (Å²) >= 11 is 2.05. The quantitative estimate of drug-likeness (QED) is 0.490. The number of piperidine rings is 1. The number of likely N-dealkylation sites (tertiary alicyclic amines) is 1. The summed E-state index contributed by atoms with van der Waals surface area (Å²) in [6, 6.07) is 1.78. The number of esters is 1. The molecule has 1 amide bonds. The number of pyridine rings is 1. The van der Waals surface area contributed by atoms with Crippen molar-refractivity contribution < 1.29 is 23.8 Å². The average Bonchev–Trinajstić information content (AvgIpc) is 2.54. The second-order valence-electron chi connectivity index (χ2n) is 7.26. The van der Waals surface area contributed by atoms with Gasteiger partial charge in [0.05, 0.1) is 13.7 Å². The summed E-state index contributed by atoms with van der Waals surface area (Å²) < 4.78 is 17.0. The number of ether oxygens (including phenoxy) is 3. The summed E-state index contributed by atoms with van der Waals surface area (Å²) in [5.74, 6) is -0.266. The van der Waals surface area contributed by atoms with Gasteiger partial charge in [-0.1, -0.05) is 0 Å². The zero-order valence-corrected chi connectivity index (χ0v) is 17.9. The Morgan fingerprint density at radius 3 is 2.62 bits per heavy atom. The first-order chi connectivity index (χ1) is 12.1. The van der Waals surface area contributed by atoms with Crippen molar-refractivity contribution in [2.24, 2.45) is 0 Å². The van der Waals surface area contributed by atoms with E-state index in [1.807, 2.05) is 50.3 Å². The van der Waals surface area contributed by atoms with Gasteiger partial charge in [-0.15, -0.1) is 0 Å². The van der Waals surface area contributed by atoms with Gasteiger partial charge in [0.25, 0.3) is 0 Å². The number of rotatable bonds is 3. The van der Waals surface area contributed by atoms with Gasteiger partial charge in [-0.25, -0.2) is 14.6 Å². The maximum atomic E-state index is 12.5. The Labute approximate surface area is 167 Å². The number of hydrogen-bond acceptors (Lipinski definition) is 6. The van der Waals surface area contributed by atoms with Crippen LogP contribution in [0.4, 0.5) is 4.79 Å². The number of hydrogen-bond donors (Lipinski definition) is 0. The Bertz CT molecular complexity index is 674. The Balaban J connectivity index is 2.15. The molecule has 0 radical (unpaired) electrons. The van der Waals surface area contributed by atoms with Gasteiger partial charge in [0.2, 0.25) is 5.88 Å². The summed E-state index contributed by atoms with van der Waals surface area (Å²) in [5, 5.41) is 0. The van der Waals surface area contributed by atoms with Crippen molar-refractivity contribution in [1.29, 1.82) is 0 Å². The molecule has 0 saturated carbocycles. The van der Waals surface area contributed by atoms with E-state index < -0.39 is 11.6 Å². The molecule has 1 aromatic heterocycles. The van der Waals surface area contributed by atoms with E-state index >= 15 is 0 Å². The minimum atomic E-state index is -0.556. The summed E-state index contributed by atoms with van der Waals surface area (Å²) in [5.41, 5.74) is -0.252. The van der Waals surface area contributed by atoms with Crippen molar-refractivity contribution in [3.63, 3.8) is 0 Å². The van der Waals surface area contributed by atoms with Crippen molar-refractivity contribution in [3.05, 3.63) is 21.4 Å². The van der Waals surface area contributed by atoms with E-state index in [0.29, 0.717) is 15.7 Å². The highest BCUT2D eigenvalue weighted by Crippen LogP contribution is 2.27. The lowest BCUT2D eigenvalue weighted by molar-refractivity contribution is -0.00630. The van der Waals surface area contributed by atoms with Crippen LogP contribution in [0.25, 0.3) is 0 Å². The first kappa shape index (κ1) is 20.7. The van der Waals surface area contributed by atoms with Crippen molar-refractivity contribution in [2.45, 2.75) is 58.3 Å². The molecule has 0 N–H and O–H groups in total. The number of halogens is 1. The molecule has 144 valence electrons. The number of amides is 1. The molecule has 0 spiro atoms. The lowest BCUT2D eigenvalue weighted by atomic mass is 10.0. The summed E-state index contributed by atoms with van der Waals surface area (Å²) in [7, 11) is 1.32. The zero-order chi connectivity index (χ0) is 19.5. The maximum absolute atomic E-state index is 12.5. The van der Waals surface area contributed by atoms with Crippen molar-refractivity contribution in [3.8, 4) is 5.88 Å². The monoisotopic (exact) mass is 476 g/mol. The van der Waals surface area contributed by atoms with Crippen LogP contribution in [0, 0.1) is 3.57 Å². The van der Waals surface area contributed by atoms with Gasteiger partial charge in [-0.2, -0.15) is 0 Å². The molecule has 1 aliphatic rings. The molecule has 1 aliphatic heterocycles. The van der Waals surface area contributed by atoms with Crippen LogP contribution in [-0.4, -0.2) is 53.3 Å². The molecule has 7 nitrogen and oxygen atoms in total. The second-order valence-corrected chi connectivity index (χ2v) is 8.43. The number of nitrogens with zero attached hydrogens (tertiary/aromatic N) is 2. The normalized spacial score (nSPS) is 20.5. The summed E-state index contributed by atoms with van der Waals surface area (Å²) in [4.78, 5) is 30.4. The van der Waals surface area contributed by atoms with E-state index in [4.69, 9.17) is 14.2 Å². The zero-order valence-electron chi connectivity index (χ0n) is 15.7. The molecule has 0 bridgehead atoms. The SMILES string of the molecule is COC(=O)c1c(I)ccnc1OC1CCC(C)N(C(=O)OC(C)(C)C)C1. The van der Waals surface area contributed by atoms with Gasteiger partial charge in [-0.3, -0.25) is 0 Å². The molecule has 2 unspecified atom stereocenters. The van der Waals surface area contributed by atoms with E-state index in [1.165, 1.54) is 7.11 Å². The van der Waals surface area contributed by atoms with Gasteiger partial charge in [0.1, 0.15) is 17.3 Å². The Kier molecular flexibility index (Phi) is 6.70. The molecule has 0 aromatic carbocycles. The predicted molar refractivity (Wildman–Crippen MR) is 104 cm³/mol. The van der Waals surface area contributed by atoms with E-state index in [9.17, 15) is 9.59 Å². The molecule has 1 aromatic rings. The smallest absolute Gasteiger partial charge is 0.410 e. The van der Waals surface area contributed by atoms with Gasteiger partial charge >= 0.3 is 12.1 Å². The van der Waals surface area contributed by atoms with Crippen LogP contribution in [0.3, 0.4) is 0 Å². The van der Waals surface area contributed by atoms with Crippen LogP contribution in [-0.2, 0) is 9.47 Å². The summed E-state index contributed by atoms with van der Waals surface area (Å²) in [6.07, 6.45) is 2.49. The van der Waals surface area contributed by atoms with Crippen molar-refractivity contribution in [2.75, 3.05) is 13.7 Å². The Hall–Kier alpha value is -1.58. The lowest BCUT2D eigenvalue weighted by Gasteiger charge is -2.38. The fourth-order valence-corrected chi connectivity index (χ4v) is 3.31. The lowest BCUT2D eigenvalue weighted by Crippen LogP contribution is -2.50. The van der Waals surface area contributed by atoms with Gasteiger partial charge < -0.3 is 19.1 Å². The van der Waals surface area contributed by atoms with Crippen LogP contribution in [0.15, 0.2) is 12.3 Å². The third kappa shape index (κ3) is 5.21. The van der Waals surface area contributed by atoms with E-state index in [1.54, 1.807) is 17.2 Å². The largest absolute Gasteiger partial charge is 0.472 e.